The average molecular weight is 434 g/mol. The van der Waals surface area contributed by atoms with Gasteiger partial charge in [0.2, 0.25) is 0 Å². The molecule has 0 aliphatic heterocycles. The lowest BCUT2D eigenvalue weighted by molar-refractivity contribution is 0.0783. The van der Waals surface area contributed by atoms with Gasteiger partial charge in [0.1, 0.15) is 5.82 Å². The number of hydrogen-bond acceptors (Lipinski definition) is 5. The molecule has 1 amide bonds. The van der Waals surface area contributed by atoms with Crippen molar-refractivity contribution in [3.63, 3.8) is 0 Å². The van der Waals surface area contributed by atoms with E-state index < -0.39 is 15.8 Å². The minimum Gasteiger partial charge on any atom is -0.336 e. The number of aryl methyl sites for hydroxylation is 1. The quantitative estimate of drug-likeness (QED) is 0.613. The fourth-order valence-corrected chi connectivity index (χ4v) is 4.42. The summed E-state index contributed by atoms with van der Waals surface area (Å²) >= 11 is 1.57. The van der Waals surface area contributed by atoms with Crippen LogP contribution in [0.4, 0.5) is 10.1 Å². The maximum Gasteiger partial charge on any atom is 0.261 e. The van der Waals surface area contributed by atoms with Crippen LogP contribution in [0.25, 0.3) is 0 Å². The second kappa shape index (κ2) is 8.71. The van der Waals surface area contributed by atoms with Crippen LogP contribution in [0.1, 0.15) is 28.0 Å². The molecule has 1 N–H and O–H groups in total. The lowest BCUT2D eigenvalue weighted by atomic mass is 10.2. The third kappa shape index (κ3) is 5.18. The molecule has 0 spiro atoms. The molecule has 0 unspecified atom stereocenters. The molecule has 3 aromatic rings. The lowest BCUT2D eigenvalue weighted by Gasteiger charge is -2.16. The summed E-state index contributed by atoms with van der Waals surface area (Å²) in [6.45, 7) is 2.43. The molecule has 0 bridgehead atoms. The Bertz CT molecular complexity index is 1090. The van der Waals surface area contributed by atoms with E-state index in [4.69, 9.17) is 0 Å². The van der Waals surface area contributed by atoms with Crippen LogP contribution in [0.15, 0.2) is 58.8 Å². The highest BCUT2D eigenvalue weighted by atomic mass is 32.2. The molecular formula is C20H20FN3O3S2. The molecule has 0 saturated heterocycles. The Balaban J connectivity index is 1.67. The summed E-state index contributed by atoms with van der Waals surface area (Å²) in [5.41, 5.74) is 1.58. The number of carbonyl (C=O) groups is 1. The van der Waals surface area contributed by atoms with Gasteiger partial charge in [-0.25, -0.2) is 17.8 Å². The van der Waals surface area contributed by atoms with Crippen molar-refractivity contribution in [2.75, 3.05) is 11.8 Å². The predicted molar refractivity (Wildman–Crippen MR) is 111 cm³/mol. The molecule has 29 heavy (non-hydrogen) atoms. The normalized spacial score (nSPS) is 11.3. The highest BCUT2D eigenvalue weighted by Crippen LogP contribution is 2.18. The zero-order valence-electron chi connectivity index (χ0n) is 15.9. The largest absolute Gasteiger partial charge is 0.336 e. The molecular weight excluding hydrogens is 413 g/mol. The molecule has 0 radical (unpaired) electrons. The Morgan fingerprint density at radius 1 is 1.14 bits per heavy atom. The fraction of sp³-hybridized carbons (Fsp3) is 0.200. The fourth-order valence-electron chi connectivity index (χ4n) is 2.63. The second-order valence-corrected chi connectivity index (χ2v) is 9.01. The van der Waals surface area contributed by atoms with Gasteiger partial charge in [0.05, 0.1) is 22.1 Å². The van der Waals surface area contributed by atoms with Gasteiger partial charge in [0.15, 0.2) is 0 Å². The number of rotatable bonds is 7. The first kappa shape index (κ1) is 20.9. The highest BCUT2D eigenvalue weighted by Gasteiger charge is 2.16. The smallest absolute Gasteiger partial charge is 0.261 e. The molecule has 1 aromatic heterocycles. The molecule has 0 saturated carbocycles. The average Bonchev–Trinajstić information content (AvgIpc) is 3.15. The third-order valence-corrected chi connectivity index (χ3v) is 6.59. The van der Waals surface area contributed by atoms with E-state index in [1.54, 1.807) is 35.4 Å². The number of aromatic nitrogens is 1. The number of nitrogens with one attached hydrogen (secondary N) is 1. The molecule has 0 atom stereocenters. The van der Waals surface area contributed by atoms with E-state index in [1.165, 1.54) is 24.3 Å². The SMILES string of the molecule is CCc1nc(CN(C)C(=O)c2ccc(NS(=O)(=O)c3ccc(F)cc3)cc2)cs1. The van der Waals surface area contributed by atoms with Crippen molar-refractivity contribution >= 4 is 33.0 Å². The Kier molecular flexibility index (Phi) is 6.29. The maximum absolute atomic E-state index is 13.0. The summed E-state index contributed by atoms with van der Waals surface area (Å²) in [6, 6.07) is 10.7. The van der Waals surface area contributed by atoms with Gasteiger partial charge in [-0.2, -0.15) is 0 Å². The minimum atomic E-state index is -3.84. The summed E-state index contributed by atoms with van der Waals surface area (Å²) in [5.74, 6) is -0.705. The Morgan fingerprint density at radius 2 is 1.79 bits per heavy atom. The standard InChI is InChI=1S/C20H20FN3O3S2/c1-3-19-22-17(13-28-19)12-24(2)20(25)14-4-8-16(9-5-14)23-29(26,27)18-10-6-15(21)7-11-18/h4-11,13,23H,3,12H2,1-2H3. The molecule has 2 aromatic carbocycles. The van der Waals surface area contributed by atoms with Crippen LogP contribution in [0.3, 0.4) is 0 Å². The number of nitrogens with zero attached hydrogens (tertiary/aromatic N) is 2. The van der Waals surface area contributed by atoms with Crippen molar-refractivity contribution in [2.24, 2.45) is 0 Å². The molecule has 152 valence electrons. The highest BCUT2D eigenvalue weighted by molar-refractivity contribution is 7.92. The zero-order chi connectivity index (χ0) is 21.0. The summed E-state index contributed by atoms with van der Waals surface area (Å²) in [7, 11) is -2.15. The third-order valence-electron chi connectivity index (χ3n) is 4.16. The predicted octanol–water partition coefficient (Wildman–Crippen LogP) is 3.92. The van der Waals surface area contributed by atoms with E-state index in [0.29, 0.717) is 17.8 Å². The van der Waals surface area contributed by atoms with Crippen LogP contribution >= 0.6 is 11.3 Å². The monoisotopic (exact) mass is 433 g/mol. The number of benzene rings is 2. The number of anilines is 1. The van der Waals surface area contributed by atoms with E-state index in [-0.39, 0.29) is 10.8 Å². The Labute approximate surface area is 173 Å². The minimum absolute atomic E-state index is 0.0477. The van der Waals surface area contributed by atoms with Crippen LogP contribution in [-0.2, 0) is 23.0 Å². The van der Waals surface area contributed by atoms with Gasteiger partial charge in [-0.3, -0.25) is 9.52 Å². The molecule has 9 heteroatoms. The van der Waals surface area contributed by atoms with Crippen molar-refractivity contribution in [3.05, 3.63) is 76.0 Å². The van der Waals surface area contributed by atoms with Crippen molar-refractivity contribution in [1.29, 1.82) is 0 Å². The molecule has 3 rings (SSSR count). The van der Waals surface area contributed by atoms with E-state index in [0.717, 1.165) is 29.3 Å². The van der Waals surface area contributed by atoms with Gasteiger partial charge < -0.3 is 4.90 Å². The number of sulfonamides is 1. The summed E-state index contributed by atoms with van der Waals surface area (Å²) < 4.78 is 40.1. The number of carbonyl (C=O) groups excluding carboxylic acids is 1. The number of halogens is 1. The first-order chi connectivity index (χ1) is 13.8. The summed E-state index contributed by atoms with van der Waals surface area (Å²) in [5, 5.41) is 2.97. The first-order valence-corrected chi connectivity index (χ1v) is 11.2. The van der Waals surface area contributed by atoms with Gasteiger partial charge in [0, 0.05) is 23.7 Å². The number of amides is 1. The molecule has 0 aliphatic rings. The van der Waals surface area contributed by atoms with E-state index in [9.17, 15) is 17.6 Å². The van der Waals surface area contributed by atoms with E-state index >= 15 is 0 Å². The molecule has 0 aliphatic carbocycles. The van der Waals surface area contributed by atoms with Crippen LogP contribution in [0.5, 0.6) is 0 Å². The van der Waals surface area contributed by atoms with Gasteiger partial charge in [0.25, 0.3) is 15.9 Å². The topological polar surface area (TPSA) is 79.4 Å². The molecule has 6 nitrogen and oxygen atoms in total. The molecule has 1 heterocycles. The Hall–Kier alpha value is -2.78. The van der Waals surface area contributed by atoms with Crippen molar-refractivity contribution < 1.29 is 17.6 Å². The van der Waals surface area contributed by atoms with Gasteiger partial charge in [-0.1, -0.05) is 6.92 Å². The number of thiazole rings is 1. The Morgan fingerprint density at radius 3 is 2.38 bits per heavy atom. The van der Waals surface area contributed by atoms with E-state index in [1.807, 2.05) is 12.3 Å². The van der Waals surface area contributed by atoms with Gasteiger partial charge in [-0.15, -0.1) is 11.3 Å². The lowest BCUT2D eigenvalue weighted by Crippen LogP contribution is -2.26. The second-order valence-electron chi connectivity index (χ2n) is 6.38. The van der Waals surface area contributed by atoms with E-state index in [2.05, 4.69) is 9.71 Å². The summed E-state index contributed by atoms with van der Waals surface area (Å²) in [6.07, 6.45) is 0.859. The molecule has 0 fully saturated rings. The van der Waals surface area contributed by atoms with Gasteiger partial charge in [-0.05, 0) is 55.0 Å². The van der Waals surface area contributed by atoms with Crippen molar-refractivity contribution in [1.82, 2.24) is 9.88 Å². The van der Waals surface area contributed by atoms with Crippen LogP contribution in [0.2, 0.25) is 0 Å². The van der Waals surface area contributed by atoms with Crippen molar-refractivity contribution in [3.8, 4) is 0 Å². The maximum atomic E-state index is 13.0. The van der Waals surface area contributed by atoms with Crippen LogP contribution < -0.4 is 4.72 Å². The number of hydrogen-bond donors (Lipinski definition) is 1. The van der Waals surface area contributed by atoms with Crippen LogP contribution in [0, 0.1) is 5.82 Å². The zero-order valence-corrected chi connectivity index (χ0v) is 17.6. The van der Waals surface area contributed by atoms with Gasteiger partial charge >= 0.3 is 0 Å². The van der Waals surface area contributed by atoms with Crippen LogP contribution in [-0.4, -0.2) is 31.3 Å². The van der Waals surface area contributed by atoms with Crippen molar-refractivity contribution in [2.45, 2.75) is 24.8 Å². The first-order valence-electron chi connectivity index (χ1n) is 8.85. The summed E-state index contributed by atoms with van der Waals surface area (Å²) in [4.78, 5) is 18.6.